The van der Waals surface area contributed by atoms with Crippen LogP contribution in [0.25, 0.3) is 0 Å². The number of carbonyl (C=O) groups excluding carboxylic acids is 1. The molecule has 1 heterocycles. The van der Waals surface area contributed by atoms with Crippen LogP contribution in [0.1, 0.15) is 96.5 Å². The van der Waals surface area contributed by atoms with Gasteiger partial charge in [0.25, 0.3) is 0 Å². The number of benzene rings is 1. The molecule has 0 unspecified atom stereocenters. The monoisotopic (exact) mass is 485 g/mol. The summed E-state index contributed by atoms with van der Waals surface area (Å²) in [6.45, 7) is 6.59. The van der Waals surface area contributed by atoms with Crippen molar-refractivity contribution in [2.45, 2.75) is 97.2 Å². The van der Waals surface area contributed by atoms with Crippen molar-refractivity contribution >= 4 is 5.97 Å². The molecule has 1 aromatic rings. The largest absolute Gasteiger partial charge is 0.494 e. The molecule has 0 aromatic heterocycles. The van der Waals surface area contributed by atoms with Gasteiger partial charge >= 0.3 is 5.97 Å². The minimum Gasteiger partial charge on any atom is -0.494 e. The van der Waals surface area contributed by atoms with Gasteiger partial charge in [0, 0.05) is 17.9 Å². The number of ether oxygens (including phenoxy) is 4. The second-order valence-electron chi connectivity index (χ2n) is 10.1. The maximum atomic E-state index is 12.8. The van der Waals surface area contributed by atoms with Gasteiger partial charge in [-0.15, -0.1) is 0 Å². The standard InChI is InChI=1S/C29H43NO5/c1-3-5-7-9-17-32-26-15-16-27(25(18-26)19-30)35-28(31)23-11-13-24(14-12-23)29-33-20-22(21-34-29)10-8-6-4-2/h15-16,18,22-24,29H,3-14,17,20-21H2,1-2H3. The summed E-state index contributed by atoms with van der Waals surface area (Å²) in [5, 5.41) is 9.54. The average Bonchev–Trinajstić information content (AvgIpc) is 2.90. The van der Waals surface area contributed by atoms with Crippen molar-refractivity contribution in [1.82, 2.24) is 0 Å². The van der Waals surface area contributed by atoms with E-state index in [-0.39, 0.29) is 18.2 Å². The lowest BCUT2D eigenvalue weighted by atomic mass is 9.81. The molecular weight excluding hydrogens is 442 g/mol. The summed E-state index contributed by atoms with van der Waals surface area (Å²) in [5.41, 5.74) is 0.329. The van der Waals surface area contributed by atoms with Gasteiger partial charge in [0.15, 0.2) is 6.29 Å². The van der Waals surface area contributed by atoms with Crippen LogP contribution in [0.3, 0.4) is 0 Å². The Morgan fingerprint density at radius 2 is 1.71 bits per heavy atom. The van der Waals surface area contributed by atoms with Crippen molar-refractivity contribution in [2.75, 3.05) is 19.8 Å². The number of carbonyl (C=O) groups is 1. The molecule has 2 fully saturated rings. The van der Waals surface area contributed by atoms with E-state index in [1.165, 1.54) is 38.5 Å². The Bertz CT molecular complexity index is 804. The Hall–Kier alpha value is -2.10. The highest BCUT2D eigenvalue weighted by atomic mass is 16.7. The summed E-state index contributed by atoms with van der Waals surface area (Å²) < 4.78 is 23.5. The summed E-state index contributed by atoms with van der Waals surface area (Å²) in [5.74, 6) is 1.38. The zero-order chi connectivity index (χ0) is 24.9. The number of unbranched alkanes of at least 4 members (excludes halogenated alkanes) is 5. The van der Waals surface area contributed by atoms with Gasteiger partial charge < -0.3 is 18.9 Å². The lowest BCUT2D eigenvalue weighted by Gasteiger charge is -2.37. The van der Waals surface area contributed by atoms with E-state index in [1.807, 2.05) is 0 Å². The maximum absolute atomic E-state index is 12.8. The third-order valence-corrected chi connectivity index (χ3v) is 7.25. The van der Waals surface area contributed by atoms with Gasteiger partial charge in [-0.25, -0.2) is 0 Å². The lowest BCUT2D eigenvalue weighted by molar-refractivity contribution is -0.230. The second kappa shape index (κ2) is 15.1. The number of nitriles is 1. The van der Waals surface area contributed by atoms with Crippen LogP contribution in [-0.2, 0) is 14.3 Å². The van der Waals surface area contributed by atoms with Crippen molar-refractivity contribution < 1.29 is 23.7 Å². The Kier molecular flexibility index (Phi) is 11.9. The number of hydrogen-bond acceptors (Lipinski definition) is 6. The molecule has 0 N–H and O–H groups in total. The summed E-state index contributed by atoms with van der Waals surface area (Å²) in [6, 6.07) is 7.24. The minimum absolute atomic E-state index is 0.144. The van der Waals surface area contributed by atoms with Crippen molar-refractivity contribution in [3.63, 3.8) is 0 Å². The van der Waals surface area contributed by atoms with E-state index in [4.69, 9.17) is 18.9 Å². The summed E-state index contributed by atoms with van der Waals surface area (Å²) >= 11 is 0. The second-order valence-corrected chi connectivity index (χ2v) is 10.1. The molecule has 1 saturated carbocycles. The predicted molar refractivity (Wildman–Crippen MR) is 135 cm³/mol. The van der Waals surface area contributed by atoms with Crippen LogP contribution in [0.2, 0.25) is 0 Å². The van der Waals surface area contributed by atoms with Crippen LogP contribution >= 0.6 is 0 Å². The smallest absolute Gasteiger partial charge is 0.314 e. The quantitative estimate of drug-likeness (QED) is 0.174. The molecule has 0 amide bonds. The summed E-state index contributed by atoms with van der Waals surface area (Å²) in [7, 11) is 0. The molecule has 35 heavy (non-hydrogen) atoms. The first kappa shape index (κ1) is 27.5. The van der Waals surface area contributed by atoms with Gasteiger partial charge in [-0.3, -0.25) is 4.79 Å². The molecule has 1 aromatic carbocycles. The fourth-order valence-corrected chi connectivity index (χ4v) is 4.99. The molecule has 194 valence electrons. The summed E-state index contributed by atoms with van der Waals surface area (Å²) in [6.07, 6.45) is 12.6. The molecule has 3 rings (SSSR count). The van der Waals surface area contributed by atoms with Crippen LogP contribution in [0.5, 0.6) is 11.5 Å². The third-order valence-electron chi connectivity index (χ3n) is 7.25. The van der Waals surface area contributed by atoms with Gasteiger partial charge in [0.2, 0.25) is 0 Å². The zero-order valence-electron chi connectivity index (χ0n) is 21.6. The number of nitrogens with zero attached hydrogens (tertiary/aromatic N) is 1. The Morgan fingerprint density at radius 3 is 2.40 bits per heavy atom. The first-order valence-corrected chi connectivity index (χ1v) is 13.8. The van der Waals surface area contributed by atoms with E-state index in [0.29, 0.717) is 35.5 Å². The van der Waals surface area contributed by atoms with E-state index < -0.39 is 0 Å². The highest BCUT2D eigenvalue weighted by molar-refractivity contribution is 5.76. The van der Waals surface area contributed by atoms with Gasteiger partial charge in [-0.05, 0) is 50.7 Å². The van der Waals surface area contributed by atoms with E-state index in [0.717, 1.165) is 51.7 Å². The number of esters is 1. The first-order valence-electron chi connectivity index (χ1n) is 13.8. The topological polar surface area (TPSA) is 77.8 Å². The Labute approximate surface area is 211 Å². The Balaban J connectivity index is 1.41. The van der Waals surface area contributed by atoms with Gasteiger partial charge in [0.1, 0.15) is 17.6 Å². The molecule has 0 spiro atoms. The molecule has 6 nitrogen and oxygen atoms in total. The van der Waals surface area contributed by atoms with E-state index >= 15 is 0 Å². The first-order chi connectivity index (χ1) is 17.1. The van der Waals surface area contributed by atoms with Crippen molar-refractivity contribution in [3.05, 3.63) is 23.8 Å². The highest BCUT2D eigenvalue weighted by Crippen LogP contribution is 2.35. The molecular formula is C29H43NO5. The molecule has 0 radical (unpaired) electrons. The zero-order valence-corrected chi connectivity index (χ0v) is 21.6. The molecule has 1 aliphatic carbocycles. The number of hydrogen-bond donors (Lipinski definition) is 0. The van der Waals surface area contributed by atoms with Crippen LogP contribution < -0.4 is 9.47 Å². The van der Waals surface area contributed by atoms with Crippen LogP contribution in [0, 0.1) is 29.1 Å². The minimum atomic E-state index is -0.255. The Morgan fingerprint density at radius 1 is 1.00 bits per heavy atom. The third kappa shape index (κ3) is 8.81. The van der Waals surface area contributed by atoms with Crippen molar-refractivity contribution in [2.24, 2.45) is 17.8 Å². The van der Waals surface area contributed by atoms with Crippen LogP contribution in [0.15, 0.2) is 18.2 Å². The molecule has 2 aliphatic rings. The average molecular weight is 486 g/mol. The molecule has 0 bridgehead atoms. The molecule has 0 atom stereocenters. The van der Waals surface area contributed by atoms with Crippen molar-refractivity contribution in [1.29, 1.82) is 5.26 Å². The highest BCUT2D eigenvalue weighted by Gasteiger charge is 2.35. The predicted octanol–water partition coefficient (Wildman–Crippen LogP) is 6.80. The van der Waals surface area contributed by atoms with E-state index in [2.05, 4.69) is 19.9 Å². The summed E-state index contributed by atoms with van der Waals surface area (Å²) in [4.78, 5) is 12.8. The van der Waals surface area contributed by atoms with Gasteiger partial charge in [-0.1, -0.05) is 52.4 Å². The number of rotatable bonds is 13. The molecule has 1 saturated heterocycles. The van der Waals surface area contributed by atoms with Crippen LogP contribution in [0.4, 0.5) is 0 Å². The van der Waals surface area contributed by atoms with E-state index in [1.54, 1.807) is 18.2 Å². The van der Waals surface area contributed by atoms with Gasteiger partial charge in [0.05, 0.1) is 31.3 Å². The molecule has 6 heteroatoms. The fourth-order valence-electron chi connectivity index (χ4n) is 4.99. The van der Waals surface area contributed by atoms with E-state index in [9.17, 15) is 10.1 Å². The van der Waals surface area contributed by atoms with Gasteiger partial charge in [-0.2, -0.15) is 5.26 Å². The normalized spacial score (nSPS) is 24.5. The maximum Gasteiger partial charge on any atom is 0.314 e. The fraction of sp³-hybridized carbons (Fsp3) is 0.724. The molecule has 1 aliphatic heterocycles. The van der Waals surface area contributed by atoms with Crippen molar-refractivity contribution in [3.8, 4) is 17.6 Å². The SMILES string of the molecule is CCCCCCOc1ccc(OC(=O)C2CCC(C3OCC(CCCCC)CO3)CC2)c(C#N)c1. The van der Waals surface area contributed by atoms with Crippen LogP contribution in [-0.4, -0.2) is 32.1 Å². The lowest BCUT2D eigenvalue weighted by Crippen LogP contribution is -2.39.